The lowest BCUT2D eigenvalue weighted by Gasteiger charge is -2.27. The van der Waals surface area contributed by atoms with Crippen molar-refractivity contribution in [2.45, 2.75) is 33.1 Å². The van der Waals surface area contributed by atoms with Crippen LogP contribution in [0.1, 0.15) is 33.1 Å². The molecule has 0 aromatic heterocycles. The number of methoxy groups -OCH3 is 1. The second kappa shape index (κ2) is 7.48. The Bertz CT molecular complexity index is 317. The number of carbonyl (C=O) groups is 2. The molecule has 0 aromatic rings. The Kier molecular flexibility index (Phi) is 6.28. The number of rotatable bonds is 7. The molecule has 0 radical (unpaired) electrons. The van der Waals surface area contributed by atoms with Gasteiger partial charge in [-0.1, -0.05) is 13.8 Å². The van der Waals surface area contributed by atoms with Gasteiger partial charge in [0, 0.05) is 26.1 Å². The molecule has 5 heteroatoms. The van der Waals surface area contributed by atoms with E-state index in [4.69, 9.17) is 9.84 Å². The average Bonchev–Trinajstić information content (AvgIpc) is 2.82. The van der Waals surface area contributed by atoms with Gasteiger partial charge in [0.1, 0.15) is 0 Å². The lowest BCUT2D eigenvalue weighted by atomic mass is 10.0. The van der Waals surface area contributed by atoms with Crippen LogP contribution in [0.4, 0.5) is 0 Å². The number of hydrogen-bond acceptors (Lipinski definition) is 3. The van der Waals surface area contributed by atoms with Crippen LogP contribution in [0.25, 0.3) is 0 Å². The maximum absolute atomic E-state index is 12.4. The summed E-state index contributed by atoms with van der Waals surface area (Å²) in [6.07, 6.45) is 1.79. The number of nitrogens with zero attached hydrogens (tertiary/aromatic N) is 1. The molecular weight excluding hydrogens is 246 g/mol. The molecule has 0 bridgehead atoms. The summed E-state index contributed by atoms with van der Waals surface area (Å²) < 4.78 is 5.04. The summed E-state index contributed by atoms with van der Waals surface area (Å²) in [5.74, 6) is -0.761. The molecule has 2 unspecified atom stereocenters. The number of carboxylic acid groups (broad SMARTS) is 1. The van der Waals surface area contributed by atoms with E-state index < -0.39 is 5.97 Å². The Morgan fingerprint density at radius 3 is 2.42 bits per heavy atom. The van der Waals surface area contributed by atoms with Crippen LogP contribution >= 0.6 is 0 Å². The Hall–Kier alpha value is -1.10. The van der Waals surface area contributed by atoms with E-state index in [9.17, 15) is 9.59 Å². The summed E-state index contributed by atoms with van der Waals surface area (Å²) in [5.41, 5.74) is 0. The van der Waals surface area contributed by atoms with Gasteiger partial charge < -0.3 is 14.7 Å². The third-order valence-corrected chi connectivity index (χ3v) is 3.59. The number of hydrogen-bond donors (Lipinski definition) is 1. The molecule has 1 saturated carbocycles. The van der Waals surface area contributed by atoms with E-state index in [0.29, 0.717) is 44.9 Å². The molecule has 0 spiro atoms. The minimum atomic E-state index is -0.775. The van der Waals surface area contributed by atoms with E-state index in [1.807, 2.05) is 4.90 Å². The van der Waals surface area contributed by atoms with Crippen LogP contribution in [0.2, 0.25) is 0 Å². The van der Waals surface area contributed by atoms with Crippen LogP contribution in [0, 0.1) is 17.8 Å². The summed E-state index contributed by atoms with van der Waals surface area (Å²) in [6.45, 7) is 5.95. The summed E-state index contributed by atoms with van der Waals surface area (Å²) in [5, 5.41) is 8.99. The molecule has 2 atom stereocenters. The lowest BCUT2D eigenvalue weighted by molar-refractivity contribution is -0.141. The van der Waals surface area contributed by atoms with Gasteiger partial charge in [-0.05, 0) is 25.2 Å². The molecule has 1 amide bonds. The highest BCUT2D eigenvalue weighted by atomic mass is 16.5. The second-order valence-electron chi connectivity index (χ2n) is 5.72. The van der Waals surface area contributed by atoms with Gasteiger partial charge in [0.05, 0.1) is 12.5 Å². The molecule has 0 aliphatic heterocycles. The van der Waals surface area contributed by atoms with Crippen molar-refractivity contribution >= 4 is 11.9 Å². The molecule has 1 aliphatic carbocycles. The van der Waals surface area contributed by atoms with Gasteiger partial charge in [0.15, 0.2) is 0 Å². The van der Waals surface area contributed by atoms with Gasteiger partial charge in [-0.3, -0.25) is 9.59 Å². The third kappa shape index (κ3) is 4.82. The fourth-order valence-electron chi connectivity index (χ4n) is 2.62. The maximum atomic E-state index is 12.4. The fraction of sp³-hybridized carbons (Fsp3) is 0.857. The quantitative estimate of drug-likeness (QED) is 0.764. The van der Waals surface area contributed by atoms with E-state index in [-0.39, 0.29) is 17.7 Å². The highest BCUT2D eigenvalue weighted by molar-refractivity contribution is 5.81. The first kappa shape index (κ1) is 16.0. The molecule has 110 valence electrons. The molecule has 0 saturated heterocycles. The van der Waals surface area contributed by atoms with Crippen molar-refractivity contribution in [3.8, 4) is 0 Å². The minimum Gasteiger partial charge on any atom is -0.481 e. The molecular formula is C14H25NO4. The van der Waals surface area contributed by atoms with Crippen molar-refractivity contribution in [1.29, 1.82) is 0 Å². The zero-order valence-corrected chi connectivity index (χ0v) is 12.1. The largest absolute Gasteiger partial charge is 0.481 e. The predicted molar refractivity (Wildman–Crippen MR) is 71.8 cm³/mol. The molecule has 0 heterocycles. The highest BCUT2D eigenvalue weighted by Crippen LogP contribution is 2.32. The van der Waals surface area contributed by atoms with E-state index >= 15 is 0 Å². The van der Waals surface area contributed by atoms with Gasteiger partial charge in [-0.15, -0.1) is 0 Å². The third-order valence-electron chi connectivity index (χ3n) is 3.59. The zero-order chi connectivity index (χ0) is 14.4. The van der Waals surface area contributed by atoms with Gasteiger partial charge >= 0.3 is 5.97 Å². The Labute approximate surface area is 114 Å². The van der Waals surface area contributed by atoms with E-state index in [1.54, 1.807) is 7.11 Å². The number of carbonyl (C=O) groups excluding carboxylic acids is 1. The summed E-state index contributed by atoms with van der Waals surface area (Å²) in [7, 11) is 1.62. The summed E-state index contributed by atoms with van der Waals surface area (Å²) in [4.78, 5) is 25.2. The van der Waals surface area contributed by atoms with Gasteiger partial charge in [-0.25, -0.2) is 0 Å². The van der Waals surface area contributed by atoms with E-state index in [2.05, 4.69) is 13.8 Å². The van der Waals surface area contributed by atoms with E-state index in [0.717, 1.165) is 0 Å². The molecule has 1 N–H and O–H groups in total. The fourth-order valence-corrected chi connectivity index (χ4v) is 2.62. The van der Waals surface area contributed by atoms with Crippen molar-refractivity contribution in [2.24, 2.45) is 17.8 Å². The smallest absolute Gasteiger partial charge is 0.306 e. The predicted octanol–water partition coefficient (Wildman–Crippen LogP) is 1.62. The van der Waals surface area contributed by atoms with Crippen LogP contribution in [0.5, 0.6) is 0 Å². The maximum Gasteiger partial charge on any atom is 0.306 e. The van der Waals surface area contributed by atoms with Crippen molar-refractivity contribution in [2.75, 3.05) is 26.8 Å². The molecule has 5 nitrogen and oxygen atoms in total. The van der Waals surface area contributed by atoms with Crippen LogP contribution in [-0.2, 0) is 14.3 Å². The standard InChI is InChI=1S/C14H25NO4/c1-10(2)9-15(6-7-19-3)13(16)11-4-5-12(8-11)14(17)18/h10-12H,4-9H2,1-3H3,(H,17,18). The van der Waals surface area contributed by atoms with E-state index in [1.165, 1.54) is 0 Å². The van der Waals surface area contributed by atoms with Crippen LogP contribution in [0.3, 0.4) is 0 Å². The SMILES string of the molecule is COCCN(CC(C)C)C(=O)C1CCC(C(=O)O)C1. The lowest BCUT2D eigenvalue weighted by Crippen LogP contribution is -2.40. The monoisotopic (exact) mass is 271 g/mol. The van der Waals surface area contributed by atoms with Gasteiger partial charge in [-0.2, -0.15) is 0 Å². The first-order valence-electron chi connectivity index (χ1n) is 6.96. The number of aliphatic carboxylic acids is 1. The molecule has 1 fully saturated rings. The van der Waals surface area contributed by atoms with Crippen LogP contribution in [-0.4, -0.2) is 48.7 Å². The number of carboxylic acids is 1. The minimum absolute atomic E-state index is 0.0921. The molecule has 19 heavy (non-hydrogen) atoms. The summed E-state index contributed by atoms with van der Waals surface area (Å²) in [6, 6.07) is 0. The number of amides is 1. The van der Waals surface area contributed by atoms with Crippen molar-refractivity contribution in [3.05, 3.63) is 0 Å². The normalized spacial score (nSPS) is 22.7. The molecule has 1 rings (SSSR count). The Balaban J connectivity index is 2.58. The van der Waals surface area contributed by atoms with Crippen molar-refractivity contribution in [1.82, 2.24) is 4.90 Å². The summed E-state index contributed by atoms with van der Waals surface area (Å²) >= 11 is 0. The first-order valence-corrected chi connectivity index (χ1v) is 6.96. The van der Waals surface area contributed by atoms with Gasteiger partial charge in [0.2, 0.25) is 5.91 Å². The van der Waals surface area contributed by atoms with Crippen LogP contribution in [0.15, 0.2) is 0 Å². The zero-order valence-electron chi connectivity index (χ0n) is 12.1. The topological polar surface area (TPSA) is 66.8 Å². The second-order valence-corrected chi connectivity index (χ2v) is 5.72. The average molecular weight is 271 g/mol. The molecule has 0 aromatic carbocycles. The Morgan fingerprint density at radius 1 is 1.32 bits per heavy atom. The van der Waals surface area contributed by atoms with Crippen molar-refractivity contribution < 1.29 is 19.4 Å². The van der Waals surface area contributed by atoms with Gasteiger partial charge in [0.25, 0.3) is 0 Å². The van der Waals surface area contributed by atoms with Crippen molar-refractivity contribution in [3.63, 3.8) is 0 Å². The molecule has 1 aliphatic rings. The van der Waals surface area contributed by atoms with Crippen LogP contribution < -0.4 is 0 Å². The highest BCUT2D eigenvalue weighted by Gasteiger charge is 2.35. The Morgan fingerprint density at radius 2 is 1.95 bits per heavy atom. The first-order chi connectivity index (χ1) is 8.95. The number of ether oxygens (including phenoxy) is 1.